The number of nitrogens with one attached hydrogen (secondary N) is 2. The molecule has 3 rings (SSSR count). The molecule has 0 unspecified atom stereocenters. The van der Waals surface area contributed by atoms with Gasteiger partial charge in [-0.2, -0.15) is 4.31 Å². The number of nitrogens with zero attached hydrogens (tertiary/aromatic N) is 2. The third kappa shape index (κ3) is 6.02. The van der Waals surface area contributed by atoms with Crippen molar-refractivity contribution >= 4 is 33.4 Å². The Morgan fingerprint density at radius 3 is 2.32 bits per heavy atom. The maximum atomic E-state index is 12.5. The van der Waals surface area contributed by atoms with Crippen molar-refractivity contribution in [1.82, 2.24) is 9.29 Å². The number of esters is 1. The molecule has 2 aromatic rings. The molecule has 31 heavy (non-hydrogen) atoms. The number of benzene rings is 1. The van der Waals surface area contributed by atoms with Crippen LogP contribution in [0.1, 0.15) is 37.0 Å². The van der Waals surface area contributed by atoms with Gasteiger partial charge in [-0.05, 0) is 49.2 Å². The van der Waals surface area contributed by atoms with Crippen LogP contribution in [0.25, 0.3) is 0 Å². The molecule has 1 amide bonds. The molecule has 1 saturated carbocycles. The first kappa shape index (κ1) is 22.7. The van der Waals surface area contributed by atoms with Gasteiger partial charge in [0.2, 0.25) is 10.0 Å². The molecule has 1 aliphatic carbocycles. The highest BCUT2D eigenvalue weighted by molar-refractivity contribution is 7.89. The normalized spacial score (nSPS) is 13.6. The van der Waals surface area contributed by atoms with Crippen molar-refractivity contribution in [2.75, 3.05) is 30.3 Å². The number of hydrogen-bond donors (Lipinski definition) is 2. The van der Waals surface area contributed by atoms with Gasteiger partial charge in [0.15, 0.2) is 6.61 Å². The molecule has 166 valence electrons. The number of anilines is 2. The van der Waals surface area contributed by atoms with Crippen LogP contribution in [0.2, 0.25) is 0 Å². The molecule has 0 bridgehead atoms. The van der Waals surface area contributed by atoms with Crippen molar-refractivity contribution in [3.8, 4) is 0 Å². The van der Waals surface area contributed by atoms with Gasteiger partial charge < -0.3 is 15.4 Å². The highest BCUT2D eigenvalue weighted by Gasteiger charge is 2.22. The van der Waals surface area contributed by atoms with E-state index in [2.05, 4.69) is 15.6 Å². The minimum atomic E-state index is -3.56. The molecule has 1 aromatic heterocycles. The molecular formula is C21H26N4O5S. The number of carbonyl (C=O) groups is 2. The molecule has 0 spiro atoms. The van der Waals surface area contributed by atoms with Crippen molar-refractivity contribution < 1.29 is 22.7 Å². The van der Waals surface area contributed by atoms with Crippen molar-refractivity contribution in [3.63, 3.8) is 0 Å². The zero-order valence-corrected chi connectivity index (χ0v) is 18.3. The topological polar surface area (TPSA) is 118 Å². The molecular weight excluding hydrogens is 420 g/mol. The molecule has 0 saturated heterocycles. The molecule has 0 radical (unpaired) electrons. The van der Waals surface area contributed by atoms with E-state index in [1.807, 2.05) is 0 Å². The maximum Gasteiger partial charge on any atom is 0.340 e. The molecule has 2 N–H and O–H groups in total. The van der Waals surface area contributed by atoms with Crippen molar-refractivity contribution in [2.45, 2.75) is 37.6 Å². The summed E-state index contributed by atoms with van der Waals surface area (Å²) in [7, 11) is -3.56. The number of pyridine rings is 1. The summed E-state index contributed by atoms with van der Waals surface area (Å²) < 4.78 is 31.3. The first-order valence-electron chi connectivity index (χ1n) is 10.1. The standard InChI is InChI=1S/C21H26N4O5S/c1-3-25(4-2)31(28,29)18-10-8-17(9-11-18)24-20(26)14-30-21(27)15-5-12-19(22-13-15)23-16-6-7-16/h5,8-13,16H,3-4,6-7,14H2,1-2H3,(H,22,23)(H,24,26). The minimum absolute atomic E-state index is 0.146. The smallest absolute Gasteiger partial charge is 0.340 e. The zero-order valence-electron chi connectivity index (χ0n) is 17.5. The number of sulfonamides is 1. The van der Waals surface area contributed by atoms with Gasteiger partial charge in [0.05, 0.1) is 10.5 Å². The molecule has 9 nitrogen and oxygen atoms in total. The van der Waals surface area contributed by atoms with Gasteiger partial charge in [0.1, 0.15) is 5.82 Å². The second kappa shape index (κ2) is 9.88. The average Bonchev–Trinajstić information content (AvgIpc) is 3.57. The van der Waals surface area contributed by atoms with Gasteiger partial charge in [-0.25, -0.2) is 18.2 Å². The Hall–Kier alpha value is -2.98. The van der Waals surface area contributed by atoms with Gasteiger partial charge in [0, 0.05) is 31.0 Å². The first-order chi connectivity index (χ1) is 14.8. The van der Waals surface area contributed by atoms with Crippen molar-refractivity contribution in [3.05, 3.63) is 48.2 Å². The summed E-state index contributed by atoms with van der Waals surface area (Å²) in [5.41, 5.74) is 0.650. The van der Waals surface area contributed by atoms with E-state index in [1.165, 1.54) is 34.8 Å². The third-order valence-electron chi connectivity index (χ3n) is 4.74. The minimum Gasteiger partial charge on any atom is -0.452 e. The average molecular weight is 447 g/mol. The van der Waals surface area contributed by atoms with Crippen LogP contribution in [0.15, 0.2) is 47.5 Å². The number of rotatable bonds is 10. The molecule has 1 fully saturated rings. The van der Waals surface area contributed by atoms with Crippen LogP contribution in [0, 0.1) is 0 Å². The van der Waals surface area contributed by atoms with Gasteiger partial charge in [0.25, 0.3) is 5.91 Å². The third-order valence-corrected chi connectivity index (χ3v) is 6.81. The Labute approximate surface area is 181 Å². The van der Waals surface area contributed by atoms with Crippen LogP contribution in [0.3, 0.4) is 0 Å². The van der Waals surface area contributed by atoms with Crippen LogP contribution < -0.4 is 10.6 Å². The predicted molar refractivity (Wildman–Crippen MR) is 116 cm³/mol. The van der Waals surface area contributed by atoms with E-state index in [0.29, 0.717) is 30.6 Å². The maximum absolute atomic E-state index is 12.5. The predicted octanol–water partition coefficient (Wildman–Crippen LogP) is 2.48. The SMILES string of the molecule is CCN(CC)S(=O)(=O)c1ccc(NC(=O)COC(=O)c2ccc(NC3CC3)nc2)cc1. The Morgan fingerprint density at radius 1 is 1.10 bits per heavy atom. The molecule has 10 heteroatoms. The number of carbonyl (C=O) groups excluding carboxylic acids is 2. The highest BCUT2D eigenvalue weighted by Crippen LogP contribution is 2.23. The lowest BCUT2D eigenvalue weighted by molar-refractivity contribution is -0.119. The largest absolute Gasteiger partial charge is 0.452 e. The van der Waals surface area contributed by atoms with Gasteiger partial charge in [-0.15, -0.1) is 0 Å². The summed E-state index contributed by atoms with van der Waals surface area (Å²) in [4.78, 5) is 28.5. The second-order valence-corrected chi connectivity index (χ2v) is 9.03. The molecule has 1 aromatic carbocycles. The van der Waals surface area contributed by atoms with E-state index >= 15 is 0 Å². The van der Waals surface area contributed by atoms with Crippen LogP contribution in [0.4, 0.5) is 11.5 Å². The molecule has 0 aliphatic heterocycles. The van der Waals surface area contributed by atoms with Crippen LogP contribution in [0.5, 0.6) is 0 Å². The van der Waals surface area contributed by atoms with Crippen molar-refractivity contribution in [1.29, 1.82) is 0 Å². The highest BCUT2D eigenvalue weighted by atomic mass is 32.2. The van der Waals surface area contributed by atoms with E-state index in [-0.39, 0.29) is 10.5 Å². The molecule has 1 heterocycles. The monoisotopic (exact) mass is 446 g/mol. The Balaban J connectivity index is 1.50. The summed E-state index contributed by atoms with van der Waals surface area (Å²) in [6, 6.07) is 9.59. The summed E-state index contributed by atoms with van der Waals surface area (Å²) in [6.07, 6.45) is 3.64. The fourth-order valence-electron chi connectivity index (χ4n) is 2.87. The van der Waals surface area contributed by atoms with E-state index in [9.17, 15) is 18.0 Å². The van der Waals surface area contributed by atoms with E-state index in [0.717, 1.165) is 12.8 Å². The number of ether oxygens (including phenoxy) is 1. The van der Waals surface area contributed by atoms with Crippen LogP contribution in [-0.4, -0.2) is 55.3 Å². The summed E-state index contributed by atoms with van der Waals surface area (Å²) in [5, 5.41) is 5.79. The van der Waals surface area contributed by atoms with Gasteiger partial charge >= 0.3 is 5.97 Å². The fraction of sp³-hybridized carbons (Fsp3) is 0.381. The van der Waals surface area contributed by atoms with E-state index in [1.54, 1.807) is 26.0 Å². The molecule has 0 atom stereocenters. The quantitative estimate of drug-likeness (QED) is 0.538. The lowest BCUT2D eigenvalue weighted by Crippen LogP contribution is -2.30. The molecule has 1 aliphatic rings. The zero-order chi connectivity index (χ0) is 22.4. The Morgan fingerprint density at radius 2 is 1.77 bits per heavy atom. The van der Waals surface area contributed by atoms with Gasteiger partial charge in [-0.1, -0.05) is 13.8 Å². The summed E-state index contributed by atoms with van der Waals surface area (Å²) in [6.45, 7) is 3.81. The fourth-order valence-corrected chi connectivity index (χ4v) is 4.33. The lowest BCUT2D eigenvalue weighted by Gasteiger charge is -2.18. The Bertz CT molecular complexity index is 1010. The summed E-state index contributed by atoms with van der Waals surface area (Å²) in [5.74, 6) is -0.489. The lowest BCUT2D eigenvalue weighted by atomic mass is 10.3. The second-order valence-electron chi connectivity index (χ2n) is 7.09. The Kier molecular flexibility index (Phi) is 7.24. The van der Waals surface area contributed by atoms with Crippen LogP contribution in [-0.2, 0) is 19.6 Å². The number of amides is 1. The number of hydrogen-bond acceptors (Lipinski definition) is 7. The van der Waals surface area contributed by atoms with Crippen molar-refractivity contribution in [2.24, 2.45) is 0 Å². The number of aromatic nitrogens is 1. The van der Waals surface area contributed by atoms with E-state index < -0.39 is 28.5 Å². The summed E-state index contributed by atoms with van der Waals surface area (Å²) >= 11 is 0. The van der Waals surface area contributed by atoms with Crippen LogP contribution >= 0.6 is 0 Å². The van der Waals surface area contributed by atoms with E-state index in [4.69, 9.17) is 4.74 Å². The first-order valence-corrected chi connectivity index (χ1v) is 11.6. The van der Waals surface area contributed by atoms with Gasteiger partial charge in [-0.3, -0.25) is 4.79 Å².